The van der Waals surface area contributed by atoms with Crippen molar-refractivity contribution in [1.82, 2.24) is 15.5 Å². The van der Waals surface area contributed by atoms with Crippen LogP contribution in [0.25, 0.3) is 11.3 Å². The third-order valence-electron chi connectivity index (χ3n) is 4.61. The predicted octanol–water partition coefficient (Wildman–Crippen LogP) is 3.77. The van der Waals surface area contributed by atoms with Gasteiger partial charge in [0.1, 0.15) is 11.5 Å². The Labute approximate surface area is 146 Å². The highest BCUT2D eigenvalue weighted by atomic mass is 16.5. The first kappa shape index (κ1) is 15.6. The lowest BCUT2D eigenvalue weighted by atomic mass is 10.0. The second kappa shape index (κ2) is 6.16. The molecule has 4 rings (SSSR count). The van der Waals surface area contributed by atoms with Gasteiger partial charge in [-0.3, -0.25) is 9.78 Å². The van der Waals surface area contributed by atoms with E-state index < -0.39 is 0 Å². The number of carbonyl (C=O) groups is 1. The summed E-state index contributed by atoms with van der Waals surface area (Å²) in [4.78, 5) is 16.6. The Hall–Kier alpha value is -2.95. The average molecular weight is 333 g/mol. The molecular weight excluding hydrogens is 314 g/mol. The smallest absolute Gasteiger partial charge is 0.251 e. The molecule has 0 bridgehead atoms. The molecule has 0 saturated heterocycles. The molecule has 0 aliphatic heterocycles. The maximum atomic E-state index is 12.5. The molecule has 1 unspecified atom stereocenters. The molecule has 0 fully saturated rings. The summed E-state index contributed by atoms with van der Waals surface area (Å²) in [5, 5.41) is 7.22. The fourth-order valence-corrected chi connectivity index (χ4v) is 3.36. The maximum absolute atomic E-state index is 12.5. The van der Waals surface area contributed by atoms with E-state index in [4.69, 9.17) is 4.52 Å². The van der Waals surface area contributed by atoms with Crippen LogP contribution in [0.15, 0.2) is 47.1 Å². The molecule has 3 aromatic rings. The van der Waals surface area contributed by atoms with E-state index in [0.29, 0.717) is 5.56 Å². The SMILES string of the molecule is Cc1cc(C(=O)NC2CCc3cc(-c4cc(C)on4)ccc32)ccn1. The number of hydrogen-bond donors (Lipinski definition) is 1. The average Bonchev–Trinajstić information content (AvgIpc) is 3.21. The summed E-state index contributed by atoms with van der Waals surface area (Å²) in [6, 6.07) is 11.8. The molecule has 1 atom stereocenters. The minimum absolute atomic E-state index is 0.0454. The van der Waals surface area contributed by atoms with Gasteiger partial charge in [-0.1, -0.05) is 17.3 Å². The highest BCUT2D eigenvalue weighted by Gasteiger charge is 2.25. The minimum atomic E-state index is -0.0560. The van der Waals surface area contributed by atoms with Gasteiger partial charge in [0.2, 0.25) is 0 Å². The number of rotatable bonds is 3. The summed E-state index contributed by atoms with van der Waals surface area (Å²) in [6.07, 6.45) is 3.52. The lowest BCUT2D eigenvalue weighted by Crippen LogP contribution is -2.27. The topological polar surface area (TPSA) is 68.0 Å². The van der Waals surface area contributed by atoms with Crippen molar-refractivity contribution in [1.29, 1.82) is 0 Å². The van der Waals surface area contributed by atoms with E-state index in [1.807, 2.05) is 26.0 Å². The third-order valence-corrected chi connectivity index (χ3v) is 4.61. The molecule has 1 aromatic carbocycles. The van der Waals surface area contributed by atoms with Crippen LogP contribution in [0.4, 0.5) is 0 Å². The van der Waals surface area contributed by atoms with Gasteiger partial charge in [0.05, 0.1) is 6.04 Å². The highest BCUT2D eigenvalue weighted by molar-refractivity contribution is 5.94. The van der Waals surface area contributed by atoms with E-state index >= 15 is 0 Å². The largest absolute Gasteiger partial charge is 0.361 e. The molecule has 0 saturated carbocycles. The second-order valence-electron chi connectivity index (χ2n) is 6.49. The van der Waals surface area contributed by atoms with Crippen LogP contribution in [0.2, 0.25) is 0 Å². The number of aryl methyl sites for hydroxylation is 3. The Kier molecular flexibility index (Phi) is 3.84. The summed E-state index contributed by atoms with van der Waals surface area (Å²) in [5.41, 5.74) is 5.83. The van der Waals surface area contributed by atoms with Crippen molar-refractivity contribution in [3.63, 3.8) is 0 Å². The molecule has 0 spiro atoms. The summed E-state index contributed by atoms with van der Waals surface area (Å²) >= 11 is 0. The fourth-order valence-electron chi connectivity index (χ4n) is 3.36. The second-order valence-corrected chi connectivity index (χ2v) is 6.49. The van der Waals surface area contributed by atoms with Crippen LogP contribution in [0, 0.1) is 13.8 Å². The van der Waals surface area contributed by atoms with Gasteiger partial charge in [0, 0.05) is 29.1 Å². The molecule has 25 heavy (non-hydrogen) atoms. The van der Waals surface area contributed by atoms with Gasteiger partial charge in [-0.05, 0) is 56.0 Å². The van der Waals surface area contributed by atoms with Gasteiger partial charge in [0.15, 0.2) is 0 Å². The minimum Gasteiger partial charge on any atom is -0.361 e. The van der Waals surface area contributed by atoms with E-state index in [1.54, 1.807) is 18.3 Å². The van der Waals surface area contributed by atoms with Crippen LogP contribution in [-0.4, -0.2) is 16.0 Å². The Bertz CT molecular complexity index is 946. The molecule has 1 amide bonds. The summed E-state index contributed by atoms with van der Waals surface area (Å²) in [5.74, 6) is 0.743. The highest BCUT2D eigenvalue weighted by Crippen LogP contribution is 2.34. The monoisotopic (exact) mass is 333 g/mol. The van der Waals surface area contributed by atoms with Crippen molar-refractivity contribution in [2.24, 2.45) is 0 Å². The van der Waals surface area contributed by atoms with E-state index in [9.17, 15) is 4.79 Å². The number of nitrogens with one attached hydrogen (secondary N) is 1. The normalized spacial score (nSPS) is 15.8. The fraction of sp³-hybridized carbons (Fsp3) is 0.250. The Morgan fingerprint density at radius 3 is 2.84 bits per heavy atom. The number of aromatic nitrogens is 2. The van der Waals surface area contributed by atoms with Crippen LogP contribution in [-0.2, 0) is 6.42 Å². The number of hydrogen-bond acceptors (Lipinski definition) is 4. The molecule has 5 nitrogen and oxygen atoms in total. The van der Waals surface area contributed by atoms with E-state index in [2.05, 4.69) is 27.6 Å². The van der Waals surface area contributed by atoms with E-state index in [-0.39, 0.29) is 11.9 Å². The Balaban J connectivity index is 1.55. The van der Waals surface area contributed by atoms with Gasteiger partial charge >= 0.3 is 0 Å². The van der Waals surface area contributed by atoms with Crippen molar-refractivity contribution >= 4 is 5.91 Å². The number of pyridine rings is 1. The number of nitrogens with zero attached hydrogens (tertiary/aromatic N) is 2. The number of fused-ring (bicyclic) bond motifs is 1. The molecule has 0 radical (unpaired) electrons. The van der Waals surface area contributed by atoms with Gasteiger partial charge in [-0.15, -0.1) is 0 Å². The van der Waals surface area contributed by atoms with Crippen LogP contribution in [0.3, 0.4) is 0 Å². The molecule has 2 heterocycles. The van der Waals surface area contributed by atoms with Crippen molar-refractivity contribution in [2.45, 2.75) is 32.7 Å². The van der Waals surface area contributed by atoms with Crippen molar-refractivity contribution in [3.8, 4) is 11.3 Å². The zero-order valence-corrected chi connectivity index (χ0v) is 14.2. The van der Waals surface area contributed by atoms with Crippen LogP contribution in [0.5, 0.6) is 0 Å². The first-order chi connectivity index (χ1) is 12.1. The molecular formula is C20H19N3O2. The first-order valence-corrected chi connectivity index (χ1v) is 8.40. The van der Waals surface area contributed by atoms with Crippen LogP contribution in [0.1, 0.15) is 45.4 Å². The summed E-state index contributed by atoms with van der Waals surface area (Å²) in [6.45, 7) is 3.77. The van der Waals surface area contributed by atoms with Gasteiger partial charge in [0.25, 0.3) is 5.91 Å². The number of amides is 1. The van der Waals surface area contributed by atoms with Crippen LogP contribution < -0.4 is 5.32 Å². The van der Waals surface area contributed by atoms with Gasteiger partial charge < -0.3 is 9.84 Å². The predicted molar refractivity (Wildman–Crippen MR) is 94.2 cm³/mol. The number of benzene rings is 1. The summed E-state index contributed by atoms with van der Waals surface area (Å²) in [7, 11) is 0. The van der Waals surface area contributed by atoms with Gasteiger partial charge in [-0.25, -0.2) is 0 Å². The lowest BCUT2D eigenvalue weighted by molar-refractivity contribution is 0.0936. The Morgan fingerprint density at radius 2 is 2.08 bits per heavy atom. The zero-order chi connectivity index (χ0) is 17.4. The van der Waals surface area contributed by atoms with Crippen molar-refractivity contribution in [3.05, 3.63) is 70.7 Å². The molecule has 2 aromatic heterocycles. The van der Waals surface area contributed by atoms with Crippen LogP contribution >= 0.6 is 0 Å². The van der Waals surface area contributed by atoms with E-state index in [1.165, 1.54) is 11.1 Å². The van der Waals surface area contributed by atoms with E-state index in [0.717, 1.165) is 35.6 Å². The third kappa shape index (κ3) is 3.05. The molecule has 1 aliphatic rings. The quantitative estimate of drug-likeness (QED) is 0.792. The van der Waals surface area contributed by atoms with Gasteiger partial charge in [-0.2, -0.15) is 0 Å². The molecule has 126 valence electrons. The number of carbonyl (C=O) groups excluding carboxylic acids is 1. The van der Waals surface area contributed by atoms with Crippen molar-refractivity contribution < 1.29 is 9.32 Å². The Morgan fingerprint density at radius 1 is 1.20 bits per heavy atom. The molecule has 5 heteroatoms. The standard InChI is InChI=1S/C20H19N3O2/c1-12-9-16(7-8-21-12)20(24)22-18-6-4-14-11-15(3-5-17(14)18)19-10-13(2)25-23-19/h3,5,7-11,18H,4,6H2,1-2H3,(H,22,24). The molecule has 1 N–H and O–H groups in total. The van der Waals surface area contributed by atoms with Crippen molar-refractivity contribution in [2.75, 3.05) is 0 Å². The lowest BCUT2D eigenvalue weighted by Gasteiger charge is -2.14. The zero-order valence-electron chi connectivity index (χ0n) is 14.2. The first-order valence-electron chi connectivity index (χ1n) is 8.40. The summed E-state index contributed by atoms with van der Waals surface area (Å²) < 4.78 is 5.16. The molecule has 1 aliphatic carbocycles. The maximum Gasteiger partial charge on any atom is 0.251 e.